The molecule has 0 spiro atoms. The fraction of sp³-hybridized carbons (Fsp3) is 0.227. The van der Waals surface area contributed by atoms with Crippen molar-refractivity contribution in [2.24, 2.45) is 5.92 Å². The lowest BCUT2D eigenvalue weighted by atomic mass is 9.72. The predicted molar refractivity (Wildman–Crippen MR) is 112 cm³/mol. The first-order valence-corrected chi connectivity index (χ1v) is 9.55. The van der Waals surface area contributed by atoms with Crippen molar-refractivity contribution in [1.82, 2.24) is 25.1 Å². The van der Waals surface area contributed by atoms with Crippen molar-refractivity contribution in [1.29, 1.82) is 0 Å². The normalized spacial score (nSPS) is 13.3. The summed E-state index contributed by atoms with van der Waals surface area (Å²) in [6.07, 6.45) is 6.33. The first kappa shape index (κ1) is 19.5. The van der Waals surface area contributed by atoms with Gasteiger partial charge in [-0.05, 0) is 30.0 Å². The second kappa shape index (κ2) is 7.55. The number of hydrogen-bond acceptors (Lipinski definition) is 8. The van der Waals surface area contributed by atoms with E-state index in [9.17, 15) is 5.11 Å². The molecule has 8 heteroatoms. The SMILES string of the molecule is CC(C)C(C)(c1ccc(-c2cnc(N)nc2)cc1)c1noc(-c2cncc(O)c2)n1. The van der Waals surface area contributed by atoms with Crippen molar-refractivity contribution in [2.75, 3.05) is 5.73 Å². The Bertz CT molecular complexity index is 1150. The fourth-order valence-corrected chi connectivity index (χ4v) is 3.31. The number of anilines is 1. The Labute approximate surface area is 173 Å². The summed E-state index contributed by atoms with van der Waals surface area (Å²) in [5.41, 5.74) is 8.59. The Morgan fingerprint density at radius 3 is 2.30 bits per heavy atom. The lowest BCUT2D eigenvalue weighted by Crippen LogP contribution is -2.31. The van der Waals surface area contributed by atoms with E-state index < -0.39 is 5.41 Å². The molecule has 30 heavy (non-hydrogen) atoms. The van der Waals surface area contributed by atoms with Gasteiger partial charge >= 0.3 is 0 Å². The molecule has 0 saturated heterocycles. The van der Waals surface area contributed by atoms with E-state index in [0.29, 0.717) is 17.3 Å². The highest BCUT2D eigenvalue weighted by atomic mass is 16.5. The van der Waals surface area contributed by atoms with Crippen LogP contribution in [0.25, 0.3) is 22.6 Å². The Morgan fingerprint density at radius 2 is 1.67 bits per heavy atom. The summed E-state index contributed by atoms with van der Waals surface area (Å²) < 4.78 is 5.49. The van der Waals surface area contributed by atoms with Gasteiger partial charge in [0, 0.05) is 24.2 Å². The van der Waals surface area contributed by atoms with Gasteiger partial charge in [-0.2, -0.15) is 4.98 Å². The number of aromatic hydroxyl groups is 1. The minimum absolute atomic E-state index is 0.0427. The van der Waals surface area contributed by atoms with E-state index in [1.165, 1.54) is 6.20 Å². The Kier molecular flexibility index (Phi) is 4.91. The molecule has 0 aliphatic heterocycles. The molecule has 0 bridgehead atoms. The van der Waals surface area contributed by atoms with Crippen molar-refractivity contribution in [3.8, 4) is 28.3 Å². The van der Waals surface area contributed by atoms with Crippen LogP contribution >= 0.6 is 0 Å². The van der Waals surface area contributed by atoms with Crippen LogP contribution in [0.3, 0.4) is 0 Å². The third kappa shape index (κ3) is 3.47. The van der Waals surface area contributed by atoms with E-state index in [0.717, 1.165) is 16.7 Å². The number of pyridine rings is 1. The number of nitrogens with two attached hydrogens (primary N) is 1. The first-order chi connectivity index (χ1) is 14.4. The lowest BCUT2D eigenvalue weighted by molar-refractivity contribution is 0.350. The molecule has 3 N–H and O–H groups in total. The van der Waals surface area contributed by atoms with Gasteiger partial charge in [0.15, 0.2) is 5.82 Å². The molecule has 4 rings (SSSR count). The first-order valence-electron chi connectivity index (χ1n) is 9.55. The van der Waals surface area contributed by atoms with Crippen LogP contribution in [0.1, 0.15) is 32.2 Å². The molecule has 0 fully saturated rings. The lowest BCUT2D eigenvalue weighted by Gasteiger charge is -2.31. The van der Waals surface area contributed by atoms with Crippen LogP contribution in [0.2, 0.25) is 0 Å². The minimum Gasteiger partial charge on any atom is -0.506 e. The van der Waals surface area contributed by atoms with Gasteiger partial charge in [0.2, 0.25) is 5.95 Å². The molecule has 1 unspecified atom stereocenters. The van der Waals surface area contributed by atoms with Gasteiger partial charge in [0.05, 0.1) is 17.2 Å². The molecule has 152 valence electrons. The molecular formula is C22H22N6O2. The maximum atomic E-state index is 9.67. The van der Waals surface area contributed by atoms with Crippen molar-refractivity contribution in [2.45, 2.75) is 26.2 Å². The summed E-state index contributed by atoms with van der Waals surface area (Å²) in [5.74, 6) is 1.37. The number of rotatable bonds is 5. The molecule has 8 nitrogen and oxygen atoms in total. The fourth-order valence-electron chi connectivity index (χ4n) is 3.31. The van der Waals surface area contributed by atoms with Crippen LogP contribution in [0, 0.1) is 5.92 Å². The summed E-state index contributed by atoms with van der Waals surface area (Å²) in [5, 5.41) is 13.9. The highest BCUT2D eigenvalue weighted by Gasteiger charge is 2.37. The molecule has 4 aromatic rings. The summed E-state index contributed by atoms with van der Waals surface area (Å²) in [6.45, 7) is 6.33. The van der Waals surface area contributed by atoms with Crippen LogP contribution in [0.5, 0.6) is 5.75 Å². The third-order valence-corrected chi connectivity index (χ3v) is 5.51. The van der Waals surface area contributed by atoms with Crippen LogP contribution in [0.15, 0.2) is 59.6 Å². The van der Waals surface area contributed by atoms with Gasteiger partial charge in [0.1, 0.15) is 5.75 Å². The molecule has 0 aliphatic carbocycles. The van der Waals surface area contributed by atoms with Gasteiger partial charge in [-0.1, -0.05) is 43.3 Å². The standard InChI is InChI=1S/C22H22N6O2/c1-13(2)22(3,20-27-19(30-28-20)15-8-18(29)12-24-9-15)17-6-4-14(5-7-17)16-10-25-21(23)26-11-16/h4-13,29H,1-3H3,(H2,23,25,26). The van der Waals surface area contributed by atoms with Crippen molar-refractivity contribution >= 4 is 5.95 Å². The number of hydrogen-bond donors (Lipinski definition) is 2. The molecule has 0 amide bonds. The van der Waals surface area contributed by atoms with E-state index in [2.05, 4.69) is 58.0 Å². The molecule has 3 aromatic heterocycles. The van der Waals surface area contributed by atoms with E-state index >= 15 is 0 Å². The van der Waals surface area contributed by atoms with E-state index in [-0.39, 0.29) is 17.6 Å². The molecular weight excluding hydrogens is 380 g/mol. The van der Waals surface area contributed by atoms with Gasteiger partial charge in [0.25, 0.3) is 5.89 Å². The Hall–Kier alpha value is -3.81. The monoisotopic (exact) mass is 402 g/mol. The molecule has 0 saturated carbocycles. The summed E-state index contributed by atoms with van der Waals surface area (Å²) in [7, 11) is 0. The predicted octanol–water partition coefficient (Wildman–Crippen LogP) is 3.84. The zero-order chi connectivity index (χ0) is 21.3. The third-order valence-electron chi connectivity index (χ3n) is 5.51. The molecule has 0 aliphatic rings. The molecule has 1 aromatic carbocycles. The highest BCUT2D eigenvalue weighted by molar-refractivity contribution is 5.62. The number of nitrogen functional groups attached to an aromatic ring is 1. The average molecular weight is 402 g/mol. The minimum atomic E-state index is -0.484. The smallest absolute Gasteiger partial charge is 0.259 e. The molecule has 0 radical (unpaired) electrons. The number of benzene rings is 1. The maximum Gasteiger partial charge on any atom is 0.259 e. The van der Waals surface area contributed by atoms with Gasteiger partial charge in [-0.25, -0.2) is 9.97 Å². The van der Waals surface area contributed by atoms with Crippen LogP contribution in [-0.2, 0) is 5.41 Å². The van der Waals surface area contributed by atoms with E-state index in [1.807, 2.05) is 12.1 Å². The largest absolute Gasteiger partial charge is 0.506 e. The second-order valence-corrected chi connectivity index (χ2v) is 7.62. The average Bonchev–Trinajstić information content (AvgIpc) is 3.24. The van der Waals surface area contributed by atoms with E-state index in [1.54, 1.807) is 24.7 Å². The number of aromatic nitrogens is 5. The van der Waals surface area contributed by atoms with Crippen LogP contribution in [-0.4, -0.2) is 30.2 Å². The zero-order valence-electron chi connectivity index (χ0n) is 16.9. The zero-order valence-corrected chi connectivity index (χ0v) is 16.9. The van der Waals surface area contributed by atoms with Crippen LogP contribution in [0.4, 0.5) is 5.95 Å². The molecule has 1 atom stereocenters. The quantitative estimate of drug-likeness (QED) is 0.516. The maximum absolute atomic E-state index is 9.67. The second-order valence-electron chi connectivity index (χ2n) is 7.62. The van der Waals surface area contributed by atoms with Crippen LogP contribution < -0.4 is 5.73 Å². The van der Waals surface area contributed by atoms with Gasteiger partial charge in [-0.3, -0.25) is 4.98 Å². The van der Waals surface area contributed by atoms with Crippen molar-refractivity contribution in [3.05, 3.63) is 66.5 Å². The van der Waals surface area contributed by atoms with Crippen molar-refractivity contribution < 1.29 is 9.63 Å². The van der Waals surface area contributed by atoms with Crippen molar-refractivity contribution in [3.63, 3.8) is 0 Å². The molecule has 3 heterocycles. The summed E-state index contributed by atoms with van der Waals surface area (Å²) in [4.78, 5) is 16.7. The van der Waals surface area contributed by atoms with Gasteiger partial charge in [-0.15, -0.1) is 0 Å². The summed E-state index contributed by atoms with van der Waals surface area (Å²) in [6, 6.07) is 9.69. The Morgan fingerprint density at radius 1 is 0.967 bits per heavy atom. The summed E-state index contributed by atoms with van der Waals surface area (Å²) >= 11 is 0. The highest BCUT2D eigenvalue weighted by Crippen LogP contribution is 2.39. The Balaban J connectivity index is 1.70. The van der Waals surface area contributed by atoms with Gasteiger partial charge < -0.3 is 15.4 Å². The number of nitrogens with zero attached hydrogens (tertiary/aromatic N) is 5. The van der Waals surface area contributed by atoms with E-state index in [4.69, 9.17) is 10.3 Å². The topological polar surface area (TPSA) is 124 Å².